The molecule has 1 heterocycles. The van der Waals surface area contributed by atoms with Gasteiger partial charge in [-0.15, -0.1) is 4.73 Å². The SMILES string of the molecule is O=C(OC1C=C2CC2C1)On1c(O)ccc1O. The molecule has 2 aliphatic carbocycles. The van der Waals surface area contributed by atoms with Crippen molar-refractivity contribution in [3.8, 4) is 11.8 Å². The van der Waals surface area contributed by atoms with Crippen LogP contribution in [-0.4, -0.2) is 27.2 Å². The smallest absolute Gasteiger partial charge is 0.492 e. The summed E-state index contributed by atoms with van der Waals surface area (Å²) in [6, 6.07) is 2.41. The van der Waals surface area contributed by atoms with E-state index >= 15 is 0 Å². The number of carbonyl (C=O) groups excluding carboxylic acids is 1. The van der Waals surface area contributed by atoms with Crippen LogP contribution in [0, 0.1) is 5.92 Å². The number of aromatic hydroxyl groups is 2. The number of carbonyl (C=O) groups is 1. The molecular formula is C11H11NO5. The molecule has 0 radical (unpaired) electrons. The summed E-state index contributed by atoms with van der Waals surface area (Å²) in [6.45, 7) is 0. The van der Waals surface area contributed by atoms with Gasteiger partial charge in [0.1, 0.15) is 6.10 Å². The van der Waals surface area contributed by atoms with Crippen molar-refractivity contribution in [1.82, 2.24) is 4.73 Å². The van der Waals surface area contributed by atoms with Gasteiger partial charge in [-0.2, -0.15) is 0 Å². The Kier molecular flexibility index (Phi) is 2.04. The average Bonchev–Trinajstić information content (AvgIpc) is 2.78. The van der Waals surface area contributed by atoms with E-state index in [2.05, 4.69) is 4.84 Å². The zero-order valence-electron chi connectivity index (χ0n) is 8.87. The summed E-state index contributed by atoms with van der Waals surface area (Å²) in [5, 5.41) is 18.5. The molecule has 6 nitrogen and oxygen atoms in total. The Morgan fingerprint density at radius 3 is 2.65 bits per heavy atom. The van der Waals surface area contributed by atoms with Gasteiger partial charge in [-0.1, -0.05) is 5.57 Å². The van der Waals surface area contributed by atoms with Crippen molar-refractivity contribution in [3.63, 3.8) is 0 Å². The summed E-state index contributed by atoms with van der Waals surface area (Å²) >= 11 is 0. The van der Waals surface area contributed by atoms with Crippen LogP contribution in [0.15, 0.2) is 23.8 Å². The van der Waals surface area contributed by atoms with Crippen molar-refractivity contribution in [1.29, 1.82) is 0 Å². The van der Waals surface area contributed by atoms with Crippen LogP contribution in [0.1, 0.15) is 12.8 Å². The summed E-state index contributed by atoms with van der Waals surface area (Å²) in [5.74, 6) is -0.166. The number of fused-ring (bicyclic) bond motifs is 1. The fraction of sp³-hybridized carbons (Fsp3) is 0.364. The Hall–Kier alpha value is -2.11. The van der Waals surface area contributed by atoms with Crippen LogP contribution in [0.3, 0.4) is 0 Å². The van der Waals surface area contributed by atoms with Gasteiger partial charge in [0.2, 0.25) is 11.8 Å². The van der Waals surface area contributed by atoms with Crippen LogP contribution >= 0.6 is 0 Å². The van der Waals surface area contributed by atoms with Crippen LogP contribution in [-0.2, 0) is 4.74 Å². The third kappa shape index (κ3) is 1.82. The molecule has 0 aliphatic heterocycles. The number of hydrogen-bond acceptors (Lipinski definition) is 5. The fourth-order valence-electron chi connectivity index (χ4n) is 2.05. The molecule has 1 aromatic heterocycles. The van der Waals surface area contributed by atoms with E-state index < -0.39 is 6.16 Å². The molecule has 90 valence electrons. The molecule has 1 saturated carbocycles. The van der Waals surface area contributed by atoms with Gasteiger partial charge in [0.25, 0.3) is 0 Å². The second-order valence-corrected chi connectivity index (χ2v) is 4.22. The third-order valence-corrected chi connectivity index (χ3v) is 2.97. The van der Waals surface area contributed by atoms with Crippen LogP contribution < -0.4 is 4.84 Å². The van der Waals surface area contributed by atoms with E-state index in [0.29, 0.717) is 10.6 Å². The van der Waals surface area contributed by atoms with Gasteiger partial charge < -0.3 is 14.9 Å². The van der Waals surface area contributed by atoms with Crippen LogP contribution in [0.25, 0.3) is 0 Å². The molecular weight excluding hydrogens is 226 g/mol. The molecule has 6 heteroatoms. The van der Waals surface area contributed by atoms with E-state index in [-0.39, 0.29) is 17.9 Å². The van der Waals surface area contributed by atoms with Crippen molar-refractivity contribution in [2.75, 3.05) is 0 Å². The predicted molar refractivity (Wildman–Crippen MR) is 55.4 cm³/mol. The molecule has 0 amide bonds. The summed E-state index contributed by atoms with van der Waals surface area (Å²) in [5.41, 5.74) is 1.33. The van der Waals surface area contributed by atoms with Crippen LogP contribution in [0.5, 0.6) is 11.8 Å². The first-order valence-electron chi connectivity index (χ1n) is 5.32. The molecule has 0 aromatic carbocycles. The molecule has 1 aromatic rings. The zero-order valence-corrected chi connectivity index (χ0v) is 8.87. The van der Waals surface area contributed by atoms with Crippen molar-refractivity contribution in [3.05, 3.63) is 23.8 Å². The number of hydrogen-bond donors (Lipinski definition) is 2. The molecule has 0 spiro atoms. The standard InChI is InChI=1S/C11H11NO5/c13-9-1-2-10(14)12(9)17-11(15)16-8-4-6-3-7(6)5-8/h1-2,4,7-8,13-14H,3,5H2. The van der Waals surface area contributed by atoms with E-state index in [1.165, 1.54) is 17.7 Å². The van der Waals surface area contributed by atoms with Crippen molar-refractivity contribution in [2.24, 2.45) is 5.92 Å². The summed E-state index contributed by atoms with van der Waals surface area (Å²) in [6.07, 6.45) is 2.62. The highest BCUT2D eigenvalue weighted by Crippen LogP contribution is 2.47. The monoisotopic (exact) mass is 237 g/mol. The molecule has 17 heavy (non-hydrogen) atoms. The minimum atomic E-state index is -0.949. The lowest BCUT2D eigenvalue weighted by Crippen LogP contribution is -2.24. The Morgan fingerprint density at radius 1 is 1.35 bits per heavy atom. The lowest BCUT2D eigenvalue weighted by Gasteiger charge is -2.11. The van der Waals surface area contributed by atoms with Gasteiger partial charge in [0.05, 0.1) is 0 Å². The quantitative estimate of drug-likeness (QED) is 0.596. The van der Waals surface area contributed by atoms with E-state index in [4.69, 9.17) is 4.74 Å². The average molecular weight is 237 g/mol. The summed E-state index contributed by atoms with van der Waals surface area (Å²) in [7, 11) is 0. The second kappa shape index (κ2) is 3.44. The number of allylic oxidation sites excluding steroid dienone is 1. The number of ether oxygens (including phenoxy) is 1. The minimum absolute atomic E-state index is 0.254. The number of aromatic nitrogens is 1. The molecule has 0 bridgehead atoms. The molecule has 0 saturated heterocycles. The lowest BCUT2D eigenvalue weighted by molar-refractivity contribution is 0.0194. The Labute approximate surface area is 96.6 Å². The van der Waals surface area contributed by atoms with E-state index in [9.17, 15) is 15.0 Å². The highest BCUT2D eigenvalue weighted by atomic mass is 16.8. The topological polar surface area (TPSA) is 80.9 Å². The van der Waals surface area contributed by atoms with Gasteiger partial charge in [0.15, 0.2) is 0 Å². The largest absolute Gasteiger partial charge is 0.534 e. The number of nitrogens with zero attached hydrogens (tertiary/aromatic N) is 1. The van der Waals surface area contributed by atoms with Crippen molar-refractivity contribution >= 4 is 6.16 Å². The molecule has 2 N–H and O–H groups in total. The maximum Gasteiger partial charge on any atom is 0.534 e. The first-order chi connectivity index (χ1) is 8.13. The Bertz CT molecular complexity index is 484. The maximum absolute atomic E-state index is 11.4. The van der Waals surface area contributed by atoms with Crippen molar-refractivity contribution < 1.29 is 24.6 Å². The fourth-order valence-corrected chi connectivity index (χ4v) is 2.05. The Morgan fingerprint density at radius 2 is 2.06 bits per heavy atom. The van der Waals surface area contributed by atoms with E-state index in [1.807, 2.05) is 6.08 Å². The van der Waals surface area contributed by atoms with Gasteiger partial charge in [-0.25, -0.2) is 4.79 Å². The molecule has 2 aliphatic rings. The Balaban J connectivity index is 1.60. The first-order valence-corrected chi connectivity index (χ1v) is 5.32. The summed E-state index contributed by atoms with van der Waals surface area (Å²) < 4.78 is 5.62. The second-order valence-electron chi connectivity index (χ2n) is 4.22. The predicted octanol–water partition coefficient (Wildman–Crippen LogP) is 1.18. The lowest BCUT2D eigenvalue weighted by atomic mass is 10.2. The van der Waals surface area contributed by atoms with Crippen LogP contribution in [0.4, 0.5) is 4.79 Å². The van der Waals surface area contributed by atoms with Crippen molar-refractivity contribution in [2.45, 2.75) is 18.9 Å². The van der Waals surface area contributed by atoms with E-state index in [1.54, 1.807) is 0 Å². The summed E-state index contributed by atoms with van der Waals surface area (Å²) in [4.78, 5) is 16.0. The van der Waals surface area contributed by atoms with Gasteiger partial charge >= 0.3 is 6.16 Å². The zero-order chi connectivity index (χ0) is 12.0. The normalized spacial score (nSPS) is 25.1. The maximum atomic E-state index is 11.4. The highest BCUT2D eigenvalue weighted by molar-refractivity contribution is 5.61. The van der Waals surface area contributed by atoms with Gasteiger partial charge in [-0.3, -0.25) is 4.84 Å². The molecule has 2 atom stereocenters. The molecule has 3 rings (SSSR count). The van der Waals surface area contributed by atoms with Crippen LogP contribution in [0.2, 0.25) is 0 Å². The third-order valence-electron chi connectivity index (χ3n) is 2.97. The van der Waals surface area contributed by atoms with E-state index in [0.717, 1.165) is 12.8 Å². The minimum Gasteiger partial charge on any atom is -0.492 e. The van der Waals surface area contributed by atoms with Gasteiger partial charge in [-0.05, 0) is 24.8 Å². The molecule has 1 fully saturated rings. The highest BCUT2D eigenvalue weighted by Gasteiger charge is 2.39. The first kappa shape index (κ1) is 10.1. The molecule has 2 unspecified atom stereocenters. The number of rotatable bonds is 2. The van der Waals surface area contributed by atoms with Gasteiger partial charge in [0, 0.05) is 12.1 Å².